The summed E-state index contributed by atoms with van der Waals surface area (Å²) in [4.78, 5) is 4.40. The van der Waals surface area contributed by atoms with Crippen molar-refractivity contribution in [3.8, 4) is 5.75 Å². The Hall–Kier alpha value is -1.31. The predicted molar refractivity (Wildman–Crippen MR) is 64.9 cm³/mol. The van der Waals surface area contributed by atoms with Crippen LogP contribution in [-0.2, 0) is 0 Å². The van der Waals surface area contributed by atoms with Gasteiger partial charge >= 0.3 is 0 Å². The molecule has 0 aliphatic heterocycles. The normalized spacial score (nSPS) is 13.0. The van der Waals surface area contributed by atoms with Gasteiger partial charge in [-0.2, -0.15) is 0 Å². The van der Waals surface area contributed by atoms with Gasteiger partial charge in [0, 0.05) is 12.8 Å². The lowest BCUT2D eigenvalue weighted by Crippen LogP contribution is -1.97. The first-order valence-electron chi connectivity index (χ1n) is 5.40. The first-order chi connectivity index (χ1) is 7.26. The van der Waals surface area contributed by atoms with Crippen LogP contribution in [-0.4, -0.2) is 19.9 Å². The van der Waals surface area contributed by atoms with Gasteiger partial charge in [0.2, 0.25) is 0 Å². The van der Waals surface area contributed by atoms with Crippen molar-refractivity contribution in [3.63, 3.8) is 0 Å². The average molecular weight is 205 g/mol. The SMILES string of the molecule is CCC(C)CN=Cc1ccc(OC)cc1. The lowest BCUT2D eigenvalue weighted by molar-refractivity contribution is 0.415. The van der Waals surface area contributed by atoms with E-state index in [0.717, 1.165) is 17.9 Å². The molecule has 0 amide bonds. The van der Waals surface area contributed by atoms with Gasteiger partial charge in [-0.15, -0.1) is 0 Å². The van der Waals surface area contributed by atoms with E-state index in [1.807, 2.05) is 30.5 Å². The summed E-state index contributed by atoms with van der Waals surface area (Å²) in [5.74, 6) is 1.55. The minimum absolute atomic E-state index is 0.666. The monoisotopic (exact) mass is 205 g/mol. The summed E-state index contributed by atoms with van der Waals surface area (Å²) >= 11 is 0. The second-order valence-corrected chi connectivity index (χ2v) is 3.78. The van der Waals surface area contributed by atoms with E-state index < -0.39 is 0 Å². The quantitative estimate of drug-likeness (QED) is 0.677. The molecule has 1 atom stereocenters. The van der Waals surface area contributed by atoms with Crippen molar-refractivity contribution in [3.05, 3.63) is 29.8 Å². The summed E-state index contributed by atoms with van der Waals surface area (Å²) in [7, 11) is 1.67. The van der Waals surface area contributed by atoms with Crippen molar-refractivity contribution in [2.24, 2.45) is 10.9 Å². The highest BCUT2D eigenvalue weighted by Gasteiger charge is 1.95. The molecule has 2 heteroatoms. The van der Waals surface area contributed by atoms with E-state index in [-0.39, 0.29) is 0 Å². The van der Waals surface area contributed by atoms with Gasteiger partial charge in [0.1, 0.15) is 5.75 Å². The first kappa shape index (κ1) is 11.8. The smallest absolute Gasteiger partial charge is 0.118 e. The van der Waals surface area contributed by atoms with Crippen LogP contribution in [0.3, 0.4) is 0 Å². The molecule has 1 aromatic carbocycles. The third kappa shape index (κ3) is 4.15. The van der Waals surface area contributed by atoms with Crippen molar-refractivity contribution in [1.29, 1.82) is 0 Å². The molecule has 0 radical (unpaired) electrons. The summed E-state index contributed by atoms with van der Waals surface area (Å²) in [5.41, 5.74) is 1.12. The van der Waals surface area contributed by atoms with Gasteiger partial charge in [-0.05, 0) is 35.7 Å². The zero-order chi connectivity index (χ0) is 11.1. The van der Waals surface area contributed by atoms with Gasteiger partial charge in [-0.3, -0.25) is 4.99 Å². The highest BCUT2D eigenvalue weighted by Crippen LogP contribution is 2.10. The standard InChI is InChI=1S/C13H19NO/c1-4-11(2)9-14-10-12-5-7-13(15-3)8-6-12/h5-8,10-11H,4,9H2,1-3H3. The number of methoxy groups -OCH3 is 1. The maximum Gasteiger partial charge on any atom is 0.118 e. The van der Waals surface area contributed by atoms with Gasteiger partial charge in [-0.1, -0.05) is 20.3 Å². The Labute approximate surface area is 92.0 Å². The molecule has 0 saturated heterocycles. The molecule has 2 nitrogen and oxygen atoms in total. The van der Waals surface area contributed by atoms with E-state index in [4.69, 9.17) is 4.74 Å². The van der Waals surface area contributed by atoms with Gasteiger partial charge in [0.25, 0.3) is 0 Å². The van der Waals surface area contributed by atoms with E-state index in [2.05, 4.69) is 18.8 Å². The van der Waals surface area contributed by atoms with Crippen LogP contribution in [0, 0.1) is 5.92 Å². The van der Waals surface area contributed by atoms with Gasteiger partial charge < -0.3 is 4.74 Å². The fraction of sp³-hybridized carbons (Fsp3) is 0.462. The Balaban J connectivity index is 2.49. The molecular formula is C13H19NO. The fourth-order valence-corrected chi connectivity index (χ4v) is 1.16. The van der Waals surface area contributed by atoms with Crippen LogP contribution in [0.2, 0.25) is 0 Å². The molecule has 0 aliphatic carbocycles. The average Bonchev–Trinajstić information content (AvgIpc) is 2.29. The van der Waals surface area contributed by atoms with Gasteiger partial charge in [-0.25, -0.2) is 0 Å². The Kier molecular flexibility index (Phi) is 4.88. The van der Waals surface area contributed by atoms with Crippen molar-refractivity contribution in [1.82, 2.24) is 0 Å². The molecule has 1 aromatic rings. The molecule has 15 heavy (non-hydrogen) atoms. The van der Waals surface area contributed by atoms with Crippen molar-refractivity contribution in [2.75, 3.05) is 13.7 Å². The van der Waals surface area contributed by atoms with E-state index in [1.165, 1.54) is 6.42 Å². The maximum atomic E-state index is 5.08. The molecule has 0 N–H and O–H groups in total. The molecule has 0 aromatic heterocycles. The second kappa shape index (κ2) is 6.23. The second-order valence-electron chi connectivity index (χ2n) is 3.78. The zero-order valence-electron chi connectivity index (χ0n) is 9.73. The predicted octanol–water partition coefficient (Wildman–Crippen LogP) is 3.16. The summed E-state index contributed by atoms with van der Waals surface area (Å²) in [6.07, 6.45) is 3.10. The molecule has 0 saturated carbocycles. The summed E-state index contributed by atoms with van der Waals surface area (Å²) in [5, 5.41) is 0. The summed E-state index contributed by atoms with van der Waals surface area (Å²) in [6, 6.07) is 7.92. The minimum Gasteiger partial charge on any atom is -0.497 e. The third-order valence-electron chi connectivity index (χ3n) is 2.47. The van der Waals surface area contributed by atoms with Crippen molar-refractivity contribution >= 4 is 6.21 Å². The van der Waals surface area contributed by atoms with Crippen molar-refractivity contribution in [2.45, 2.75) is 20.3 Å². The van der Waals surface area contributed by atoms with Crippen LogP contribution in [0.25, 0.3) is 0 Å². The van der Waals surface area contributed by atoms with E-state index in [0.29, 0.717) is 5.92 Å². The number of rotatable bonds is 5. The fourth-order valence-electron chi connectivity index (χ4n) is 1.16. The highest BCUT2D eigenvalue weighted by molar-refractivity contribution is 5.79. The van der Waals surface area contributed by atoms with Crippen LogP contribution in [0.15, 0.2) is 29.3 Å². The number of aliphatic imine (C=N–C) groups is 1. The first-order valence-corrected chi connectivity index (χ1v) is 5.40. The van der Waals surface area contributed by atoms with Crippen molar-refractivity contribution < 1.29 is 4.74 Å². The Morgan fingerprint density at radius 2 is 2.00 bits per heavy atom. The van der Waals surface area contributed by atoms with Crippen LogP contribution in [0.4, 0.5) is 0 Å². The lowest BCUT2D eigenvalue weighted by atomic mass is 10.1. The molecule has 1 unspecified atom stereocenters. The molecule has 0 fully saturated rings. The number of hydrogen-bond donors (Lipinski definition) is 0. The number of hydrogen-bond acceptors (Lipinski definition) is 2. The van der Waals surface area contributed by atoms with Gasteiger partial charge in [0.15, 0.2) is 0 Å². The number of ether oxygens (including phenoxy) is 1. The van der Waals surface area contributed by atoms with Crippen LogP contribution in [0.1, 0.15) is 25.8 Å². The van der Waals surface area contributed by atoms with E-state index >= 15 is 0 Å². The maximum absolute atomic E-state index is 5.08. The highest BCUT2D eigenvalue weighted by atomic mass is 16.5. The largest absolute Gasteiger partial charge is 0.497 e. The molecule has 0 bridgehead atoms. The zero-order valence-corrected chi connectivity index (χ0v) is 9.73. The minimum atomic E-state index is 0.666. The molecule has 1 rings (SSSR count). The van der Waals surface area contributed by atoms with Gasteiger partial charge in [0.05, 0.1) is 7.11 Å². The summed E-state index contributed by atoms with van der Waals surface area (Å²) < 4.78 is 5.08. The molecule has 0 heterocycles. The Morgan fingerprint density at radius 3 is 2.53 bits per heavy atom. The van der Waals surface area contributed by atoms with Crippen LogP contribution >= 0.6 is 0 Å². The van der Waals surface area contributed by atoms with E-state index in [1.54, 1.807) is 7.11 Å². The molecule has 0 spiro atoms. The molecular weight excluding hydrogens is 186 g/mol. The lowest BCUT2D eigenvalue weighted by Gasteiger charge is -2.02. The van der Waals surface area contributed by atoms with Crippen LogP contribution < -0.4 is 4.74 Å². The number of benzene rings is 1. The van der Waals surface area contributed by atoms with E-state index in [9.17, 15) is 0 Å². The Morgan fingerprint density at radius 1 is 1.33 bits per heavy atom. The number of nitrogens with zero attached hydrogens (tertiary/aromatic N) is 1. The Bertz CT molecular complexity index is 303. The van der Waals surface area contributed by atoms with Crippen LogP contribution in [0.5, 0.6) is 5.75 Å². The summed E-state index contributed by atoms with van der Waals surface area (Å²) in [6.45, 7) is 5.31. The topological polar surface area (TPSA) is 21.6 Å². The molecule has 0 aliphatic rings. The molecule has 82 valence electrons. The third-order valence-corrected chi connectivity index (χ3v) is 2.47.